The maximum absolute atomic E-state index is 5.70. The lowest BCUT2D eigenvalue weighted by Crippen LogP contribution is -2.00. The van der Waals surface area contributed by atoms with Gasteiger partial charge in [0.15, 0.2) is 0 Å². The molecule has 0 bridgehead atoms. The summed E-state index contributed by atoms with van der Waals surface area (Å²) in [6.45, 7) is 0. The van der Waals surface area contributed by atoms with Gasteiger partial charge < -0.3 is 4.74 Å². The molecule has 0 radical (unpaired) electrons. The first kappa shape index (κ1) is 14.2. The topological polar surface area (TPSA) is 9.23 Å². The van der Waals surface area contributed by atoms with Gasteiger partial charge in [0.1, 0.15) is 5.75 Å². The van der Waals surface area contributed by atoms with Gasteiger partial charge >= 0.3 is 0 Å². The fraction of sp³-hybridized carbons (Fsp3) is 0.0476. The molecule has 0 heterocycles. The minimum Gasteiger partial charge on any atom is -0.496 e. The number of hydrogen-bond donors (Lipinski definition) is 0. The van der Waals surface area contributed by atoms with Crippen LogP contribution < -0.4 is 10.0 Å². The molecule has 112 valence electrons. The first-order valence-corrected chi connectivity index (χ1v) is 8.20. The van der Waals surface area contributed by atoms with E-state index >= 15 is 0 Å². The highest BCUT2D eigenvalue weighted by Crippen LogP contribution is 2.40. The summed E-state index contributed by atoms with van der Waals surface area (Å²) in [6, 6.07) is 25.5. The third-order valence-corrected chi connectivity index (χ3v) is 4.80. The van der Waals surface area contributed by atoms with E-state index in [2.05, 4.69) is 82.0 Å². The molecule has 1 nitrogen and oxygen atoms in total. The van der Waals surface area contributed by atoms with Gasteiger partial charge in [-0.2, -0.15) is 0 Å². The lowest BCUT2D eigenvalue weighted by molar-refractivity contribution is 0.417. The SMILES string of the molecule is COc1ccc2ccccc2c1-c1c(P)ccc2ccccc12. The molecule has 0 aliphatic heterocycles. The van der Waals surface area contributed by atoms with Gasteiger partial charge in [-0.15, -0.1) is 9.24 Å². The summed E-state index contributed by atoms with van der Waals surface area (Å²) in [5, 5.41) is 6.10. The molecule has 0 saturated heterocycles. The molecule has 4 aromatic carbocycles. The van der Waals surface area contributed by atoms with Crippen molar-refractivity contribution >= 4 is 36.1 Å². The van der Waals surface area contributed by atoms with Crippen LogP contribution in [0.3, 0.4) is 0 Å². The zero-order chi connectivity index (χ0) is 15.8. The summed E-state index contributed by atoms with van der Waals surface area (Å²) in [6.07, 6.45) is 0. The van der Waals surface area contributed by atoms with Crippen molar-refractivity contribution in [3.05, 3.63) is 72.8 Å². The Kier molecular flexibility index (Phi) is 3.52. The third kappa shape index (κ3) is 2.29. The quantitative estimate of drug-likeness (QED) is 0.464. The summed E-state index contributed by atoms with van der Waals surface area (Å²) in [5.41, 5.74) is 2.38. The van der Waals surface area contributed by atoms with Gasteiger partial charge in [-0.05, 0) is 32.9 Å². The van der Waals surface area contributed by atoms with E-state index in [9.17, 15) is 0 Å². The molecule has 0 aliphatic rings. The van der Waals surface area contributed by atoms with Crippen molar-refractivity contribution < 1.29 is 4.74 Å². The molecule has 0 amide bonds. The number of ether oxygens (including phenoxy) is 1. The van der Waals surface area contributed by atoms with Gasteiger partial charge in [0, 0.05) is 11.1 Å². The number of fused-ring (bicyclic) bond motifs is 2. The van der Waals surface area contributed by atoms with Gasteiger partial charge in [0.25, 0.3) is 0 Å². The summed E-state index contributed by atoms with van der Waals surface area (Å²) in [5.74, 6) is 0.906. The van der Waals surface area contributed by atoms with Crippen LogP contribution in [0, 0.1) is 0 Å². The predicted octanol–water partition coefficient (Wildman–Crippen LogP) is 5.17. The molecule has 4 rings (SSSR count). The molecular formula is C21H17OP. The highest BCUT2D eigenvalue weighted by molar-refractivity contribution is 7.28. The number of hydrogen-bond acceptors (Lipinski definition) is 1. The second kappa shape index (κ2) is 5.68. The van der Waals surface area contributed by atoms with Crippen LogP contribution in [0.15, 0.2) is 72.8 Å². The Morgan fingerprint density at radius 3 is 1.87 bits per heavy atom. The molecule has 0 saturated carbocycles. The minimum absolute atomic E-state index is 0.906. The zero-order valence-corrected chi connectivity index (χ0v) is 14.1. The van der Waals surface area contributed by atoms with Crippen LogP contribution in [0.2, 0.25) is 0 Å². The largest absolute Gasteiger partial charge is 0.496 e. The number of rotatable bonds is 2. The molecule has 1 unspecified atom stereocenters. The van der Waals surface area contributed by atoms with Gasteiger partial charge in [0.05, 0.1) is 7.11 Å². The van der Waals surface area contributed by atoms with E-state index in [1.54, 1.807) is 7.11 Å². The van der Waals surface area contributed by atoms with E-state index in [-0.39, 0.29) is 0 Å². The summed E-state index contributed by atoms with van der Waals surface area (Å²) >= 11 is 0. The highest BCUT2D eigenvalue weighted by Gasteiger charge is 2.15. The average molecular weight is 316 g/mol. The van der Waals surface area contributed by atoms with Crippen molar-refractivity contribution in [3.63, 3.8) is 0 Å². The van der Waals surface area contributed by atoms with Gasteiger partial charge in [-0.3, -0.25) is 0 Å². The van der Waals surface area contributed by atoms with E-state index in [0.29, 0.717) is 0 Å². The van der Waals surface area contributed by atoms with Crippen molar-refractivity contribution in [2.75, 3.05) is 7.11 Å². The summed E-state index contributed by atoms with van der Waals surface area (Å²) in [7, 11) is 4.61. The fourth-order valence-corrected chi connectivity index (χ4v) is 3.64. The molecule has 4 aromatic rings. The Hall–Kier alpha value is -2.37. The second-order valence-corrected chi connectivity index (χ2v) is 6.24. The Morgan fingerprint density at radius 2 is 1.22 bits per heavy atom. The second-order valence-electron chi connectivity index (χ2n) is 5.61. The average Bonchev–Trinajstić information content (AvgIpc) is 2.61. The Labute approximate surface area is 138 Å². The lowest BCUT2D eigenvalue weighted by Gasteiger charge is -2.16. The van der Waals surface area contributed by atoms with Gasteiger partial charge in [-0.1, -0.05) is 66.7 Å². The summed E-state index contributed by atoms with van der Waals surface area (Å²) < 4.78 is 5.70. The van der Waals surface area contributed by atoms with E-state index in [0.717, 1.165) is 11.3 Å². The van der Waals surface area contributed by atoms with Crippen molar-refractivity contribution in [2.45, 2.75) is 0 Å². The van der Waals surface area contributed by atoms with Crippen molar-refractivity contribution in [2.24, 2.45) is 0 Å². The molecule has 0 aliphatic carbocycles. The Bertz CT molecular complexity index is 1020. The fourth-order valence-electron chi connectivity index (χ4n) is 3.25. The molecule has 0 aromatic heterocycles. The van der Waals surface area contributed by atoms with Crippen LogP contribution in [0.1, 0.15) is 0 Å². The van der Waals surface area contributed by atoms with Crippen LogP contribution in [0.5, 0.6) is 5.75 Å². The maximum Gasteiger partial charge on any atom is 0.127 e. The Morgan fingerprint density at radius 1 is 0.652 bits per heavy atom. The zero-order valence-electron chi connectivity index (χ0n) is 12.9. The Balaban J connectivity index is 2.21. The lowest BCUT2D eigenvalue weighted by atomic mass is 9.93. The normalized spacial score (nSPS) is 11.0. The maximum atomic E-state index is 5.70. The minimum atomic E-state index is 0.906. The molecule has 0 spiro atoms. The smallest absolute Gasteiger partial charge is 0.127 e. The van der Waals surface area contributed by atoms with Gasteiger partial charge in [0.2, 0.25) is 0 Å². The molecule has 0 fully saturated rings. The third-order valence-electron chi connectivity index (χ3n) is 4.32. The molecular weight excluding hydrogens is 299 g/mol. The summed E-state index contributed by atoms with van der Waals surface area (Å²) in [4.78, 5) is 0. The van der Waals surface area contributed by atoms with Crippen molar-refractivity contribution in [1.82, 2.24) is 0 Å². The van der Waals surface area contributed by atoms with E-state index in [1.807, 2.05) is 0 Å². The van der Waals surface area contributed by atoms with Crippen LogP contribution in [-0.4, -0.2) is 7.11 Å². The van der Waals surface area contributed by atoms with E-state index < -0.39 is 0 Å². The number of methoxy groups -OCH3 is 1. The highest BCUT2D eigenvalue weighted by atomic mass is 31.0. The first-order chi connectivity index (χ1) is 11.3. The molecule has 0 N–H and O–H groups in total. The number of benzene rings is 4. The van der Waals surface area contributed by atoms with Crippen molar-refractivity contribution in [1.29, 1.82) is 0 Å². The molecule has 23 heavy (non-hydrogen) atoms. The van der Waals surface area contributed by atoms with Crippen molar-refractivity contribution in [3.8, 4) is 16.9 Å². The molecule has 1 atom stereocenters. The van der Waals surface area contributed by atoms with E-state index in [4.69, 9.17) is 4.74 Å². The first-order valence-electron chi connectivity index (χ1n) is 7.63. The van der Waals surface area contributed by atoms with Crippen LogP contribution in [-0.2, 0) is 0 Å². The predicted molar refractivity (Wildman–Crippen MR) is 103 cm³/mol. The van der Waals surface area contributed by atoms with Crippen LogP contribution >= 0.6 is 9.24 Å². The van der Waals surface area contributed by atoms with Crippen LogP contribution in [0.25, 0.3) is 32.7 Å². The van der Waals surface area contributed by atoms with Gasteiger partial charge in [-0.25, -0.2) is 0 Å². The monoisotopic (exact) mass is 316 g/mol. The standard InChI is InChI=1S/C21H17OP/c1-22-18-12-10-14-6-2-4-8-16(14)20(18)21-17-9-5-3-7-15(17)11-13-19(21)23/h2-13H,23H2,1H3. The molecule has 2 heteroatoms. The van der Waals surface area contributed by atoms with Crippen LogP contribution in [0.4, 0.5) is 0 Å². The van der Waals surface area contributed by atoms with E-state index in [1.165, 1.54) is 32.4 Å².